The summed E-state index contributed by atoms with van der Waals surface area (Å²) in [6, 6.07) is 19.2. The van der Waals surface area contributed by atoms with Crippen molar-refractivity contribution in [1.29, 1.82) is 0 Å². The summed E-state index contributed by atoms with van der Waals surface area (Å²) in [6.45, 7) is 2.73. The number of carbonyl (C=O) groups is 2. The van der Waals surface area contributed by atoms with Gasteiger partial charge in [-0.1, -0.05) is 36.4 Å². The number of ether oxygens (including phenoxy) is 1. The number of hydrogen-bond donors (Lipinski definition) is 0. The Morgan fingerprint density at radius 3 is 2.42 bits per heavy atom. The number of fused-ring (bicyclic) bond motifs is 1. The highest BCUT2D eigenvalue weighted by Crippen LogP contribution is 2.44. The average Bonchev–Trinajstić information content (AvgIpc) is 3.40. The predicted octanol–water partition coefficient (Wildman–Crippen LogP) is 4.02. The number of methoxy groups -OCH3 is 1. The van der Waals surface area contributed by atoms with Crippen LogP contribution in [-0.2, 0) is 4.79 Å². The highest BCUT2D eigenvalue weighted by atomic mass is 32.1. The molecule has 0 saturated carbocycles. The molecule has 33 heavy (non-hydrogen) atoms. The number of rotatable bonds is 4. The zero-order valence-corrected chi connectivity index (χ0v) is 19.6. The Morgan fingerprint density at radius 1 is 0.970 bits per heavy atom. The van der Waals surface area contributed by atoms with Crippen LogP contribution in [0.25, 0.3) is 0 Å². The Hall–Kier alpha value is -3.32. The molecule has 2 aliphatic heterocycles. The van der Waals surface area contributed by atoms with Gasteiger partial charge in [-0.2, -0.15) is 0 Å². The van der Waals surface area contributed by atoms with Gasteiger partial charge >= 0.3 is 0 Å². The number of hydrogen-bond acceptors (Lipinski definition) is 5. The number of nitrogens with zero attached hydrogens (tertiary/aromatic N) is 3. The Kier molecular flexibility index (Phi) is 5.81. The molecule has 1 saturated heterocycles. The first-order valence-corrected chi connectivity index (χ1v) is 12.0. The second-order valence-corrected chi connectivity index (χ2v) is 9.40. The molecule has 1 aromatic heterocycles. The van der Waals surface area contributed by atoms with E-state index in [4.69, 9.17) is 4.74 Å². The molecule has 1 fully saturated rings. The Bertz CT molecular complexity index is 1160. The van der Waals surface area contributed by atoms with E-state index in [0.29, 0.717) is 18.7 Å². The Labute approximate surface area is 198 Å². The van der Waals surface area contributed by atoms with E-state index < -0.39 is 5.92 Å². The Balaban J connectivity index is 1.43. The highest BCUT2D eigenvalue weighted by Gasteiger charge is 2.44. The largest absolute Gasteiger partial charge is 0.495 e. The van der Waals surface area contributed by atoms with E-state index in [0.717, 1.165) is 35.0 Å². The van der Waals surface area contributed by atoms with Crippen molar-refractivity contribution in [2.75, 3.05) is 45.2 Å². The predicted molar refractivity (Wildman–Crippen MR) is 130 cm³/mol. The second kappa shape index (κ2) is 8.90. The van der Waals surface area contributed by atoms with Crippen molar-refractivity contribution < 1.29 is 14.3 Å². The first kappa shape index (κ1) is 21.5. The summed E-state index contributed by atoms with van der Waals surface area (Å²) in [5.41, 5.74) is 2.51. The third-order valence-corrected chi connectivity index (χ3v) is 7.64. The molecule has 0 radical (unpaired) electrons. The third-order valence-electron chi connectivity index (χ3n) is 6.70. The van der Waals surface area contributed by atoms with Crippen LogP contribution in [0.2, 0.25) is 0 Å². The van der Waals surface area contributed by atoms with Gasteiger partial charge < -0.3 is 19.4 Å². The van der Waals surface area contributed by atoms with Crippen LogP contribution < -0.4 is 9.64 Å². The SMILES string of the molecule is COc1ccccc1N1CCN(C(=O)[C@@H]2c3ccccc3C(=O)N(C)[C@H]2c2cccs2)CC1. The van der Waals surface area contributed by atoms with Gasteiger partial charge in [0.1, 0.15) is 5.75 Å². The van der Waals surface area contributed by atoms with Crippen LogP contribution in [0, 0.1) is 0 Å². The molecule has 3 heterocycles. The van der Waals surface area contributed by atoms with Crippen LogP contribution in [0.1, 0.15) is 32.8 Å². The van der Waals surface area contributed by atoms with Gasteiger partial charge in [0, 0.05) is 43.7 Å². The molecule has 2 aliphatic rings. The van der Waals surface area contributed by atoms with E-state index in [9.17, 15) is 9.59 Å². The quantitative estimate of drug-likeness (QED) is 0.589. The maximum atomic E-state index is 14.0. The summed E-state index contributed by atoms with van der Waals surface area (Å²) in [5, 5.41) is 2.00. The lowest BCUT2D eigenvalue weighted by Gasteiger charge is -2.43. The molecular formula is C26H27N3O3S. The molecule has 2 atom stereocenters. The Morgan fingerprint density at radius 2 is 1.70 bits per heavy atom. The molecule has 0 bridgehead atoms. The number of thiophene rings is 1. The lowest BCUT2D eigenvalue weighted by atomic mass is 9.81. The van der Waals surface area contributed by atoms with E-state index >= 15 is 0 Å². The number of para-hydroxylation sites is 2. The monoisotopic (exact) mass is 461 g/mol. The van der Waals surface area contributed by atoms with Gasteiger partial charge in [0.2, 0.25) is 5.91 Å². The lowest BCUT2D eigenvalue weighted by molar-refractivity contribution is -0.134. The first-order valence-electron chi connectivity index (χ1n) is 11.2. The maximum absolute atomic E-state index is 14.0. The van der Waals surface area contributed by atoms with E-state index in [-0.39, 0.29) is 17.9 Å². The summed E-state index contributed by atoms with van der Waals surface area (Å²) in [7, 11) is 3.49. The minimum absolute atomic E-state index is 0.0333. The topological polar surface area (TPSA) is 53.1 Å². The number of carbonyl (C=O) groups excluding carboxylic acids is 2. The summed E-state index contributed by atoms with van der Waals surface area (Å²) in [4.78, 5) is 34.1. The lowest BCUT2D eigenvalue weighted by Crippen LogP contribution is -2.53. The first-order chi connectivity index (χ1) is 16.1. The van der Waals surface area contributed by atoms with E-state index in [2.05, 4.69) is 11.0 Å². The average molecular weight is 462 g/mol. The van der Waals surface area contributed by atoms with Crippen LogP contribution in [0.5, 0.6) is 5.75 Å². The summed E-state index contributed by atoms with van der Waals surface area (Å²) in [6.07, 6.45) is 0. The minimum Gasteiger partial charge on any atom is -0.495 e. The normalized spacial score (nSPS) is 20.5. The molecule has 0 aliphatic carbocycles. The maximum Gasteiger partial charge on any atom is 0.254 e. The second-order valence-electron chi connectivity index (χ2n) is 8.43. The number of amides is 2. The number of piperazine rings is 1. The number of anilines is 1. The van der Waals surface area contributed by atoms with Crippen LogP contribution >= 0.6 is 11.3 Å². The van der Waals surface area contributed by atoms with Crippen molar-refractivity contribution in [2.45, 2.75) is 12.0 Å². The van der Waals surface area contributed by atoms with Gasteiger partial charge in [0.05, 0.1) is 24.8 Å². The molecule has 0 N–H and O–H groups in total. The molecule has 2 amide bonds. The number of benzene rings is 2. The molecule has 6 nitrogen and oxygen atoms in total. The van der Waals surface area contributed by atoms with Gasteiger partial charge in [0.25, 0.3) is 5.91 Å². The highest BCUT2D eigenvalue weighted by molar-refractivity contribution is 7.10. The standard InChI is InChI=1S/C26H27N3O3S/c1-27-24(22-12-7-17-33-22)23(18-8-3-4-9-19(18)25(27)30)26(31)29-15-13-28(14-16-29)20-10-5-6-11-21(20)32-2/h3-12,17,23-24H,13-16H2,1-2H3/t23-,24+/m1/s1. The molecule has 0 spiro atoms. The van der Waals surface area contributed by atoms with Crippen LogP contribution in [0.15, 0.2) is 66.0 Å². The molecule has 170 valence electrons. The minimum atomic E-state index is -0.416. The van der Waals surface area contributed by atoms with Crippen molar-refractivity contribution in [3.05, 3.63) is 82.0 Å². The molecule has 7 heteroatoms. The van der Waals surface area contributed by atoms with Gasteiger partial charge in [-0.25, -0.2) is 0 Å². The van der Waals surface area contributed by atoms with Crippen molar-refractivity contribution >= 4 is 28.8 Å². The third kappa shape index (κ3) is 3.76. The zero-order chi connectivity index (χ0) is 22.9. The van der Waals surface area contributed by atoms with Gasteiger partial charge in [0.15, 0.2) is 0 Å². The van der Waals surface area contributed by atoms with Crippen LogP contribution in [0.3, 0.4) is 0 Å². The van der Waals surface area contributed by atoms with Crippen LogP contribution in [-0.4, -0.2) is 62.0 Å². The summed E-state index contributed by atoms with van der Waals surface area (Å²) in [5.74, 6) is 0.477. The van der Waals surface area contributed by atoms with Crippen molar-refractivity contribution in [3.63, 3.8) is 0 Å². The fraction of sp³-hybridized carbons (Fsp3) is 0.308. The van der Waals surface area contributed by atoms with Crippen LogP contribution in [0.4, 0.5) is 5.69 Å². The fourth-order valence-corrected chi connectivity index (χ4v) is 5.92. The van der Waals surface area contributed by atoms with E-state index in [1.165, 1.54) is 0 Å². The van der Waals surface area contributed by atoms with E-state index in [1.54, 1.807) is 23.3 Å². The molecule has 2 aromatic carbocycles. The summed E-state index contributed by atoms with van der Waals surface area (Å²) < 4.78 is 5.53. The smallest absolute Gasteiger partial charge is 0.254 e. The fourth-order valence-electron chi connectivity index (χ4n) is 5.01. The van der Waals surface area contributed by atoms with Crippen molar-refractivity contribution in [1.82, 2.24) is 9.80 Å². The molecule has 0 unspecified atom stereocenters. The molecule has 3 aromatic rings. The van der Waals surface area contributed by atoms with Gasteiger partial charge in [-0.05, 0) is 35.2 Å². The van der Waals surface area contributed by atoms with Gasteiger partial charge in [-0.15, -0.1) is 11.3 Å². The van der Waals surface area contributed by atoms with Gasteiger partial charge in [-0.3, -0.25) is 9.59 Å². The van der Waals surface area contributed by atoms with Crippen molar-refractivity contribution in [2.24, 2.45) is 0 Å². The molecule has 5 rings (SSSR count). The van der Waals surface area contributed by atoms with Crippen molar-refractivity contribution in [3.8, 4) is 5.75 Å². The molecular weight excluding hydrogens is 434 g/mol. The van der Waals surface area contributed by atoms with E-state index in [1.807, 2.05) is 71.9 Å². The summed E-state index contributed by atoms with van der Waals surface area (Å²) >= 11 is 1.59. The zero-order valence-electron chi connectivity index (χ0n) is 18.8. The number of likely N-dealkylation sites (N-methyl/N-ethyl adjacent to an activating group) is 1.